The molecule has 0 aliphatic heterocycles. The SMILES string of the molecule is CCCn1cc(N)c(=O)n(CC2(CC#N)CC2)c1=O. The molecule has 2 N–H and O–H groups in total. The Labute approximate surface area is 111 Å². The minimum absolute atomic E-state index is 0.0841. The lowest BCUT2D eigenvalue weighted by Crippen LogP contribution is -2.42. The molecule has 0 atom stereocenters. The van der Waals surface area contributed by atoms with Gasteiger partial charge >= 0.3 is 5.69 Å². The minimum Gasteiger partial charge on any atom is -0.393 e. The fraction of sp³-hybridized carbons (Fsp3) is 0.615. The normalized spacial score (nSPS) is 16.0. The van der Waals surface area contributed by atoms with Crippen LogP contribution < -0.4 is 17.0 Å². The average Bonchev–Trinajstić information content (AvgIpc) is 3.12. The average molecular weight is 262 g/mol. The molecule has 0 spiro atoms. The monoisotopic (exact) mass is 262 g/mol. The molecule has 1 aromatic heterocycles. The Morgan fingerprint density at radius 3 is 2.68 bits per heavy atom. The van der Waals surface area contributed by atoms with E-state index in [1.54, 1.807) is 0 Å². The van der Waals surface area contributed by atoms with Crippen molar-refractivity contribution >= 4 is 5.69 Å². The van der Waals surface area contributed by atoms with Gasteiger partial charge in [-0.25, -0.2) is 4.79 Å². The van der Waals surface area contributed by atoms with E-state index in [4.69, 9.17) is 11.0 Å². The van der Waals surface area contributed by atoms with Crippen molar-refractivity contribution in [2.75, 3.05) is 5.73 Å². The number of nitrogen functional groups attached to an aromatic ring is 1. The van der Waals surface area contributed by atoms with Gasteiger partial charge in [0.15, 0.2) is 0 Å². The zero-order valence-corrected chi connectivity index (χ0v) is 11.1. The maximum atomic E-state index is 12.2. The molecule has 1 aliphatic carbocycles. The zero-order valence-electron chi connectivity index (χ0n) is 11.1. The summed E-state index contributed by atoms with van der Waals surface area (Å²) in [5.74, 6) is 0. The smallest absolute Gasteiger partial charge is 0.331 e. The molecule has 1 heterocycles. The van der Waals surface area contributed by atoms with E-state index < -0.39 is 5.56 Å². The molecule has 0 saturated heterocycles. The maximum Gasteiger partial charge on any atom is 0.331 e. The third-order valence-corrected chi connectivity index (χ3v) is 3.63. The Balaban J connectivity index is 2.42. The lowest BCUT2D eigenvalue weighted by Gasteiger charge is -2.15. The molecule has 0 radical (unpaired) electrons. The van der Waals surface area contributed by atoms with E-state index in [-0.39, 0.29) is 16.8 Å². The number of anilines is 1. The molecule has 0 bridgehead atoms. The number of aromatic nitrogens is 2. The van der Waals surface area contributed by atoms with Crippen LogP contribution in [0.15, 0.2) is 15.8 Å². The van der Waals surface area contributed by atoms with E-state index in [0.717, 1.165) is 19.3 Å². The van der Waals surface area contributed by atoms with Gasteiger partial charge in [-0.3, -0.25) is 13.9 Å². The van der Waals surface area contributed by atoms with Crippen molar-refractivity contribution in [2.45, 2.75) is 45.7 Å². The molecule has 0 unspecified atom stereocenters. The minimum atomic E-state index is -0.443. The van der Waals surface area contributed by atoms with Gasteiger partial charge in [-0.15, -0.1) is 0 Å². The number of hydrogen-bond acceptors (Lipinski definition) is 4. The Hall–Kier alpha value is -2.03. The van der Waals surface area contributed by atoms with E-state index in [0.29, 0.717) is 19.5 Å². The van der Waals surface area contributed by atoms with Crippen LogP contribution in [0, 0.1) is 16.7 Å². The second-order valence-corrected chi connectivity index (χ2v) is 5.29. The lowest BCUT2D eigenvalue weighted by molar-refractivity contribution is 0.400. The van der Waals surface area contributed by atoms with Gasteiger partial charge in [0.1, 0.15) is 5.69 Å². The third-order valence-electron chi connectivity index (χ3n) is 3.63. The Morgan fingerprint density at radius 1 is 1.47 bits per heavy atom. The molecular weight excluding hydrogens is 244 g/mol. The highest BCUT2D eigenvalue weighted by atomic mass is 16.2. The number of nitriles is 1. The topological polar surface area (TPSA) is 93.8 Å². The highest BCUT2D eigenvalue weighted by molar-refractivity contribution is 5.31. The van der Waals surface area contributed by atoms with Gasteiger partial charge in [0.05, 0.1) is 6.07 Å². The van der Waals surface area contributed by atoms with Crippen LogP contribution in [0.5, 0.6) is 0 Å². The molecule has 1 fully saturated rings. The molecule has 6 heteroatoms. The van der Waals surface area contributed by atoms with Gasteiger partial charge in [-0.2, -0.15) is 5.26 Å². The first-order valence-corrected chi connectivity index (χ1v) is 6.50. The summed E-state index contributed by atoms with van der Waals surface area (Å²) in [4.78, 5) is 24.2. The molecule has 0 amide bonds. The third kappa shape index (κ3) is 2.55. The summed E-state index contributed by atoms with van der Waals surface area (Å²) in [6, 6.07) is 2.13. The summed E-state index contributed by atoms with van der Waals surface area (Å²) in [7, 11) is 0. The largest absolute Gasteiger partial charge is 0.393 e. The summed E-state index contributed by atoms with van der Waals surface area (Å²) in [6.45, 7) is 2.79. The van der Waals surface area contributed by atoms with Crippen molar-refractivity contribution < 1.29 is 0 Å². The van der Waals surface area contributed by atoms with Crippen molar-refractivity contribution in [2.24, 2.45) is 5.41 Å². The highest BCUT2D eigenvalue weighted by Crippen LogP contribution is 2.49. The van der Waals surface area contributed by atoms with E-state index >= 15 is 0 Å². The first kappa shape index (κ1) is 13.4. The van der Waals surface area contributed by atoms with Crippen molar-refractivity contribution in [3.8, 4) is 6.07 Å². The van der Waals surface area contributed by atoms with Crippen LogP contribution >= 0.6 is 0 Å². The van der Waals surface area contributed by atoms with E-state index in [9.17, 15) is 9.59 Å². The van der Waals surface area contributed by atoms with E-state index in [1.165, 1.54) is 15.3 Å². The quantitative estimate of drug-likeness (QED) is 0.845. The molecule has 1 aliphatic rings. The van der Waals surface area contributed by atoms with Crippen LogP contribution in [-0.2, 0) is 13.1 Å². The molecule has 1 saturated carbocycles. The van der Waals surface area contributed by atoms with Crippen LogP contribution in [0.25, 0.3) is 0 Å². The molecule has 6 nitrogen and oxygen atoms in total. The number of nitrogens with zero attached hydrogens (tertiary/aromatic N) is 3. The van der Waals surface area contributed by atoms with Gasteiger partial charge in [0, 0.05) is 31.1 Å². The second kappa shape index (κ2) is 4.92. The van der Waals surface area contributed by atoms with Crippen molar-refractivity contribution in [3.63, 3.8) is 0 Å². The van der Waals surface area contributed by atoms with Gasteiger partial charge in [0.2, 0.25) is 0 Å². The van der Waals surface area contributed by atoms with E-state index in [2.05, 4.69) is 6.07 Å². The summed E-state index contributed by atoms with van der Waals surface area (Å²) in [5.41, 5.74) is 4.79. The summed E-state index contributed by atoms with van der Waals surface area (Å²) in [5, 5.41) is 8.81. The zero-order chi connectivity index (χ0) is 14.0. The van der Waals surface area contributed by atoms with Crippen LogP contribution in [0.4, 0.5) is 5.69 Å². The summed E-state index contributed by atoms with van der Waals surface area (Å²) in [6.07, 6.45) is 4.35. The highest BCUT2D eigenvalue weighted by Gasteiger charge is 2.43. The van der Waals surface area contributed by atoms with Crippen molar-refractivity contribution in [3.05, 3.63) is 27.0 Å². The fourth-order valence-corrected chi connectivity index (χ4v) is 2.29. The van der Waals surface area contributed by atoms with Crippen LogP contribution in [0.1, 0.15) is 32.6 Å². The Kier molecular flexibility index (Phi) is 3.47. The predicted molar refractivity (Wildman–Crippen MR) is 71.6 cm³/mol. The summed E-state index contributed by atoms with van der Waals surface area (Å²) >= 11 is 0. The van der Waals surface area contributed by atoms with Crippen LogP contribution in [-0.4, -0.2) is 9.13 Å². The standard InChI is InChI=1S/C13H18N4O2/c1-2-7-16-8-10(15)11(18)17(12(16)19)9-13(3-4-13)5-6-14/h8H,2-5,7,9,15H2,1H3. The number of rotatable bonds is 5. The van der Waals surface area contributed by atoms with Gasteiger partial charge < -0.3 is 5.73 Å². The Morgan fingerprint density at radius 2 is 2.16 bits per heavy atom. The van der Waals surface area contributed by atoms with Crippen LogP contribution in [0.3, 0.4) is 0 Å². The number of aryl methyl sites for hydroxylation is 1. The van der Waals surface area contributed by atoms with Gasteiger partial charge in [-0.05, 0) is 19.3 Å². The molecule has 19 heavy (non-hydrogen) atoms. The molecule has 102 valence electrons. The van der Waals surface area contributed by atoms with E-state index in [1.807, 2.05) is 6.92 Å². The molecule has 0 aromatic carbocycles. The maximum absolute atomic E-state index is 12.2. The lowest BCUT2D eigenvalue weighted by atomic mass is 10.0. The van der Waals surface area contributed by atoms with Gasteiger partial charge in [-0.1, -0.05) is 6.92 Å². The molecular formula is C13H18N4O2. The van der Waals surface area contributed by atoms with Crippen molar-refractivity contribution in [1.29, 1.82) is 5.26 Å². The molecule has 2 rings (SSSR count). The molecule has 1 aromatic rings. The fourth-order valence-electron chi connectivity index (χ4n) is 2.29. The van der Waals surface area contributed by atoms with Crippen molar-refractivity contribution in [1.82, 2.24) is 9.13 Å². The van der Waals surface area contributed by atoms with Gasteiger partial charge in [0.25, 0.3) is 5.56 Å². The predicted octanol–water partition coefficient (Wildman–Crippen LogP) is 0.696. The van der Waals surface area contributed by atoms with Crippen LogP contribution in [0.2, 0.25) is 0 Å². The summed E-state index contributed by atoms with van der Waals surface area (Å²) < 4.78 is 2.66. The second-order valence-electron chi connectivity index (χ2n) is 5.29. The Bertz CT molecular complexity index is 632. The number of hydrogen-bond donors (Lipinski definition) is 1. The first-order valence-electron chi connectivity index (χ1n) is 6.50. The number of nitrogens with two attached hydrogens (primary N) is 1. The first-order chi connectivity index (χ1) is 9.03.